The topological polar surface area (TPSA) is 82.5 Å². The predicted octanol–water partition coefficient (Wildman–Crippen LogP) is 1.16. The second-order valence-electron chi connectivity index (χ2n) is 4.40. The van der Waals surface area contributed by atoms with Gasteiger partial charge in [-0.15, -0.1) is 5.10 Å². The van der Waals surface area contributed by atoms with Crippen LogP contribution in [-0.4, -0.2) is 25.0 Å². The highest BCUT2D eigenvalue weighted by atomic mass is 15.5. The minimum absolute atomic E-state index is 0.341. The van der Waals surface area contributed by atoms with Crippen molar-refractivity contribution in [2.24, 2.45) is 5.92 Å². The smallest absolute Gasteiger partial charge is 0.184 e. The lowest BCUT2D eigenvalue weighted by atomic mass is 9.80. The van der Waals surface area contributed by atoms with E-state index in [9.17, 15) is 0 Å². The molecule has 1 atom stereocenters. The molecular formula is C10H14N6. The van der Waals surface area contributed by atoms with E-state index < -0.39 is 0 Å². The largest absolute Gasteiger partial charge is 0.382 e. The summed E-state index contributed by atoms with van der Waals surface area (Å²) in [5, 5.41) is 8.19. The second kappa shape index (κ2) is 3.40. The summed E-state index contributed by atoms with van der Waals surface area (Å²) in [6.45, 7) is 2.16. The summed E-state index contributed by atoms with van der Waals surface area (Å²) < 4.78 is 1.87. The second-order valence-corrected chi connectivity index (χ2v) is 4.40. The summed E-state index contributed by atoms with van der Waals surface area (Å²) in [4.78, 5) is 8.12. The van der Waals surface area contributed by atoms with Gasteiger partial charge >= 0.3 is 0 Å². The lowest BCUT2D eigenvalue weighted by molar-refractivity contribution is 0.212. The van der Waals surface area contributed by atoms with Gasteiger partial charge in [-0.05, 0) is 25.7 Å². The summed E-state index contributed by atoms with van der Waals surface area (Å²) in [7, 11) is 0. The van der Waals surface area contributed by atoms with E-state index >= 15 is 0 Å². The van der Waals surface area contributed by atoms with E-state index in [0.29, 0.717) is 23.3 Å². The summed E-state index contributed by atoms with van der Waals surface area (Å²) in [6, 6.07) is 0.341. The van der Waals surface area contributed by atoms with Crippen molar-refractivity contribution in [3.63, 3.8) is 0 Å². The summed E-state index contributed by atoms with van der Waals surface area (Å²) in [5.74, 6) is 1.10. The molecular weight excluding hydrogens is 204 g/mol. The molecule has 0 bridgehead atoms. The van der Waals surface area contributed by atoms with Crippen LogP contribution >= 0.6 is 0 Å². The molecule has 0 amide bonds. The fraction of sp³-hybridized carbons (Fsp3) is 0.600. The first-order chi connectivity index (χ1) is 7.77. The number of rotatable bonds is 2. The van der Waals surface area contributed by atoms with Crippen molar-refractivity contribution in [3.05, 3.63) is 6.33 Å². The number of nitrogen functional groups attached to an aromatic ring is 1. The first-order valence-electron chi connectivity index (χ1n) is 5.58. The zero-order valence-electron chi connectivity index (χ0n) is 9.17. The van der Waals surface area contributed by atoms with Gasteiger partial charge in [-0.1, -0.05) is 11.6 Å². The molecule has 3 rings (SSSR count). The van der Waals surface area contributed by atoms with Gasteiger partial charge in [0.25, 0.3) is 0 Å². The van der Waals surface area contributed by atoms with E-state index in [-0.39, 0.29) is 0 Å². The average molecular weight is 218 g/mol. The summed E-state index contributed by atoms with van der Waals surface area (Å²) >= 11 is 0. The molecule has 0 spiro atoms. The molecule has 0 radical (unpaired) electrons. The normalized spacial score (nSPS) is 18.6. The number of nitrogens with zero attached hydrogens (tertiary/aromatic N) is 5. The van der Waals surface area contributed by atoms with E-state index in [1.807, 2.05) is 4.68 Å². The molecule has 84 valence electrons. The van der Waals surface area contributed by atoms with Crippen LogP contribution in [0.4, 0.5) is 5.82 Å². The molecule has 0 aliphatic heterocycles. The Kier molecular flexibility index (Phi) is 2.02. The molecule has 6 heteroatoms. The van der Waals surface area contributed by atoms with Crippen LogP contribution in [-0.2, 0) is 0 Å². The van der Waals surface area contributed by atoms with Gasteiger partial charge in [0.2, 0.25) is 0 Å². The highest BCUT2D eigenvalue weighted by molar-refractivity contribution is 5.80. The SMILES string of the molecule is CC(C1CCC1)n1nnc2c(N)ncnc21. The van der Waals surface area contributed by atoms with E-state index in [1.165, 1.54) is 25.6 Å². The van der Waals surface area contributed by atoms with Crippen LogP contribution in [0.25, 0.3) is 11.2 Å². The fourth-order valence-electron chi connectivity index (χ4n) is 2.18. The maximum absolute atomic E-state index is 5.73. The van der Waals surface area contributed by atoms with Crippen molar-refractivity contribution in [3.8, 4) is 0 Å². The number of nitrogens with two attached hydrogens (primary N) is 1. The third-order valence-electron chi connectivity index (χ3n) is 3.51. The highest BCUT2D eigenvalue weighted by Gasteiger charge is 2.27. The van der Waals surface area contributed by atoms with Gasteiger partial charge in [0.05, 0.1) is 6.04 Å². The summed E-state index contributed by atoms with van der Waals surface area (Å²) in [6.07, 6.45) is 5.32. The number of aromatic nitrogens is 5. The standard InChI is InChI=1S/C10H14N6/c1-6(7-3-2-4-7)16-10-8(14-15-16)9(11)12-5-13-10/h5-7H,2-4H2,1H3,(H2,11,12,13). The Balaban J connectivity index is 2.06. The molecule has 0 aromatic carbocycles. The van der Waals surface area contributed by atoms with Crippen molar-refractivity contribution < 1.29 is 0 Å². The molecule has 1 unspecified atom stereocenters. The van der Waals surface area contributed by atoms with E-state index in [2.05, 4.69) is 27.2 Å². The summed E-state index contributed by atoms with van der Waals surface area (Å²) in [5.41, 5.74) is 7.07. The third kappa shape index (κ3) is 1.26. The number of hydrogen-bond acceptors (Lipinski definition) is 5. The minimum atomic E-state index is 0.341. The number of anilines is 1. The van der Waals surface area contributed by atoms with Crippen LogP contribution in [0.3, 0.4) is 0 Å². The molecule has 16 heavy (non-hydrogen) atoms. The Labute approximate surface area is 92.9 Å². The Bertz CT molecular complexity index is 515. The van der Waals surface area contributed by atoms with Crippen molar-refractivity contribution in [1.29, 1.82) is 0 Å². The van der Waals surface area contributed by atoms with Crippen LogP contribution in [0.15, 0.2) is 6.33 Å². The lowest BCUT2D eigenvalue weighted by Crippen LogP contribution is -2.23. The van der Waals surface area contributed by atoms with Gasteiger partial charge in [-0.3, -0.25) is 0 Å². The molecule has 2 heterocycles. The van der Waals surface area contributed by atoms with Gasteiger partial charge in [0.1, 0.15) is 6.33 Å². The van der Waals surface area contributed by atoms with Crippen molar-refractivity contribution in [1.82, 2.24) is 25.0 Å². The van der Waals surface area contributed by atoms with Gasteiger partial charge in [0, 0.05) is 0 Å². The Morgan fingerprint density at radius 1 is 1.44 bits per heavy atom. The molecule has 1 saturated carbocycles. The van der Waals surface area contributed by atoms with Crippen molar-refractivity contribution in [2.45, 2.75) is 32.2 Å². The van der Waals surface area contributed by atoms with Crippen molar-refractivity contribution in [2.75, 3.05) is 5.73 Å². The number of fused-ring (bicyclic) bond motifs is 1. The monoisotopic (exact) mass is 218 g/mol. The first kappa shape index (κ1) is 9.50. The Morgan fingerprint density at radius 3 is 2.94 bits per heavy atom. The molecule has 6 nitrogen and oxygen atoms in total. The van der Waals surface area contributed by atoms with Crippen LogP contribution < -0.4 is 5.73 Å². The average Bonchev–Trinajstić information content (AvgIpc) is 2.59. The predicted molar refractivity (Wildman–Crippen MR) is 59.6 cm³/mol. The molecule has 1 aliphatic carbocycles. The number of hydrogen-bond donors (Lipinski definition) is 1. The molecule has 2 aromatic rings. The molecule has 2 N–H and O–H groups in total. The maximum atomic E-state index is 5.73. The van der Waals surface area contributed by atoms with Crippen LogP contribution in [0.1, 0.15) is 32.2 Å². The third-order valence-corrected chi connectivity index (χ3v) is 3.51. The van der Waals surface area contributed by atoms with Gasteiger partial charge < -0.3 is 5.73 Å². The quantitative estimate of drug-likeness (QED) is 0.818. The zero-order chi connectivity index (χ0) is 11.1. The molecule has 2 aromatic heterocycles. The van der Waals surface area contributed by atoms with Crippen LogP contribution in [0, 0.1) is 5.92 Å². The van der Waals surface area contributed by atoms with E-state index in [4.69, 9.17) is 5.73 Å². The first-order valence-corrected chi connectivity index (χ1v) is 5.58. The van der Waals surface area contributed by atoms with Crippen molar-refractivity contribution >= 4 is 17.0 Å². The van der Waals surface area contributed by atoms with E-state index in [0.717, 1.165) is 5.65 Å². The minimum Gasteiger partial charge on any atom is -0.382 e. The van der Waals surface area contributed by atoms with Gasteiger partial charge in [-0.2, -0.15) is 0 Å². The van der Waals surface area contributed by atoms with Gasteiger partial charge in [0.15, 0.2) is 17.0 Å². The lowest BCUT2D eigenvalue weighted by Gasteiger charge is -2.31. The van der Waals surface area contributed by atoms with Crippen LogP contribution in [0.5, 0.6) is 0 Å². The van der Waals surface area contributed by atoms with Crippen LogP contribution in [0.2, 0.25) is 0 Å². The van der Waals surface area contributed by atoms with Gasteiger partial charge in [-0.25, -0.2) is 14.6 Å². The van der Waals surface area contributed by atoms with E-state index in [1.54, 1.807) is 0 Å². The fourth-order valence-corrected chi connectivity index (χ4v) is 2.18. The molecule has 1 fully saturated rings. The maximum Gasteiger partial charge on any atom is 0.184 e. The highest BCUT2D eigenvalue weighted by Crippen LogP contribution is 2.36. The molecule has 0 saturated heterocycles. The molecule has 1 aliphatic rings. The Hall–Kier alpha value is -1.72. The Morgan fingerprint density at radius 2 is 2.25 bits per heavy atom. The zero-order valence-corrected chi connectivity index (χ0v) is 9.17.